The third-order valence-electron chi connectivity index (χ3n) is 4.65. The van der Waals surface area contributed by atoms with Crippen LogP contribution in [0.2, 0.25) is 0 Å². The van der Waals surface area contributed by atoms with E-state index in [4.69, 9.17) is 14.2 Å². The number of rotatable bonds is 12. The lowest BCUT2D eigenvalue weighted by atomic mass is 10.0. The van der Waals surface area contributed by atoms with E-state index in [9.17, 15) is 14.4 Å². The molecule has 0 amide bonds. The van der Waals surface area contributed by atoms with E-state index in [-0.39, 0.29) is 35.0 Å². The molecule has 1 rings (SSSR count). The first-order valence-electron chi connectivity index (χ1n) is 11.0. The van der Waals surface area contributed by atoms with Gasteiger partial charge in [-0.3, -0.25) is 0 Å². The van der Waals surface area contributed by atoms with Crippen LogP contribution >= 0.6 is 0 Å². The van der Waals surface area contributed by atoms with Gasteiger partial charge in [0, 0.05) is 0 Å². The molecule has 3 atom stereocenters. The highest BCUT2D eigenvalue weighted by Gasteiger charge is 2.21. The molecule has 0 radical (unpaired) electrons. The van der Waals surface area contributed by atoms with Gasteiger partial charge in [0.15, 0.2) is 0 Å². The lowest BCUT2D eigenvalue weighted by Crippen LogP contribution is -2.20. The van der Waals surface area contributed by atoms with E-state index in [1.54, 1.807) is 0 Å². The molecule has 3 unspecified atom stereocenters. The van der Waals surface area contributed by atoms with Gasteiger partial charge in [-0.05, 0) is 58.2 Å². The van der Waals surface area contributed by atoms with Crippen molar-refractivity contribution in [3.8, 4) is 0 Å². The first-order valence-corrected chi connectivity index (χ1v) is 11.0. The van der Waals surface area contributed by atoms with Gasteiger partial charge in [-0.25, -0.2) is 14.4 Å². The number of esters is 3. The van der Waals surface area contributed by atoms with Crippen molar-refractivity contribution in [1.29, 1.82) is 0 Å². The molecular weight excluding hydrogens is 384 g/mol. The zero-order chi connectivity index (χ0) is 22.7. The molecule has 1 aromatic rings. The lowest BCUT2D eigenvalue weighted by Gasteiger charge is -2.16. The second kappa shape index (κ2) is 13.0. The molecule has 0 aliphatic carbocycles. The van der Waals surface area contributed by atoms with Crippen molar-refractivity contribution >= 4 is 17.9 Å². The van der Waals surface area contributed by atoms with Crippen LogP contribution in [-0.2, 0) is 14.2 Å². The van der Waals surface area contributed by atoms with Crippen molar-refractivity contribution < 1.29 is 28.6 Å². The van der Waals surface area contributed by atoms with Crippen LogP contribution < -0.4 is 0 Å². The number of hydrogen-bond donors (Lipinski definition) is 0. The Hall–Kier alpha value is -2.37. The highest BCUT2D eigenvalue weighted by atomic mass is 16.6. The molecule has 6 nitrogen and oxygen atoms in total. The molecule has 168 valence electrons. The van der Waals surface area contributed by atoms with Gasteiger partial charge in [-0.15, -0.1) is 0 Å². The normalized spacial score (nSPS) is 13.8. The molecule has 0 aromatic heterocycles. The minimum atomic E-state index is -0.581. The summed E-state index contributed by atoms with van der Waals surface area (Å²) in [4.78, 5) is 37.8. The second-order valence-corrected chi connectivity index (χ2v) is 7.81. The minimum Gasteiger partial charge on any atom is -0.459 e. The molecule has 0 fully saturated rings. The highest BCUT2D eigenvalue weighted by molar-refractivity contribution is 6.00. The van der Waals surface area contributed by atoms with Gasteiger partial charge in [0.2, 0.25) is 0 Å². The molecule has 0 N–H and O–H groups in total. The second-order valence-electron chi connectivity index (χ2n) is 7.81. The zero-order valence-electron chi connectivity index (χ0n) is 19.2. The van der Waals surface area contributed by atoms with E-state index in [2.05, 4.69) is 0 Å². The van der Waals surface area contributed by atoms with Crippen LogP contribution in [0.5, 0.6) is 0 Å². The largest absolute Gasteiger partial charge is 0.459 e. The number of benzene rings is 1. The molecule has 0 spiro atoms. The van der Waals surface area contributed by atoms with Crippen molar-refractivity contribution in [2.45, 2.75) is 98.4 Å². The third kappa shape index (κ3) is 8.56. The monoisotopic (exact) mass is 420 g/mol. The quantitative estimate of drug-likeness (QED) is 0.318. The van der Waals surface area contributed by atoms with Crippen molar-refractivity contribution in [2.24, 2.45) is 0 Å². The smallest absolute Gasteiger partial charge is 0.338 e. The average molecular weight is 421 g/mol. The Morgan fingerprint density at radius 1 is 0.600 bits per heavy atom. The Bertz CT molecular complexity index is 604. The standard InChI is InChI=1S/C24H36O6/c1-7-10-16(4)28-22(25)19-13-20(23(26)29-17(5)11-8-2)15-21(14-19)24(27)30-18(6)12-9-3/h13-18H,7-12H2,1-6H3. The molecule has 0 bridgehead atoms. The van der Waals surface area contributed by atoms with Gasteiger partial charge < -0.3 is 14.2 Å². The highest BCUT2D eigenvalue weighted by Crippen LogP contribution is 2.18. The minimum absolute atomic E-state index is 0.130. The van der Waals surface area contributed by atoms with E-state index in [1.807, 2.05) is 41.5 Å². The molecule has 0 aliphatic rings. The predicted octanol–water partition coefficient (Wildman–Crippen LogP) is 5.72. The Balaban J connectivity index is 3.18. The first-order chi connectivity index (χ1) is 14.2. The number of carbonyl (C=O) groups excluding carboxylic acids is 3. The molecular formula is C24H36O6. The van der Waals surface area contributed by atoms with Crippen molar-refractivity contribution in [3.05, 3.63) is 34.9 Å². The van der Waals surface area contributed by atoms with Gasteiger partial charge >= 0.3 is 17.9 Å². The summed E-state index contributed by atoms with van der Waals surface area (Å²) in [5.41, 5.74) is 0.391. The van der Waals surface area contributed by atoms with Crippen LogP contribution in [0.25, 0.3) is 0 Å². The molecule has 0 saturated carbocycles. The molecule has 6 heteroatoms. The SMILES string of the molecule is CCCC(C)OC(=O)c1cc(C(=O)OC(C)CCC)cc(C(=O)OC(C)CCC)c1. The maximum absolute atomic E-state index is 12.6. The number of carbonyl (C=O) groups is 3. The molecule has 0 heterocycles. The Labute approximate surface area is 180 Å². The van der Waals surface area contributed by atoms with Crippen LogP contribution in [0.3, 0.4) is 0 Å². The first kappa shape index (κ1) is 25.7. The summed E-state index contributed by atoms with van der Waals surface area (Å²) < 4.78 is 16.3. The number of ether oxygens (including phenoxy) is 3. The van der Waals surface area contributed by atoms with Gasteiger partial charge in [-0.1, -0.05) is 40.0 Å². The maximum Gasteiger partial charge on any atom is 0.338 e. The van der Waals surface area contributed by atoms with Gasteiger partial charge in [-0.2, -0.15) is 0 Å². The Kier molecular flexibility index (Phi) is 11.2. The van der Waals surface area contributed by atoms with E-state index < -0.39 is 17.9 Å². The average Bonchev–Trinajstić information content (AvgIpc) is 2.67. The summed E-state index contributed by atoms with van der Waals surface area (Å²) in [6, 6.07) is 4.23. The number of hydrogen-bond acceptors (Lipinski definition) is 6. The summed E-state index contributed by atoms with van der Waals surface area (Å²) in [5.74, 6) is -1.74. The summed E-state index contributed by atoms with van der Waals surface area (Å²) in [6.45, 7) is 11.5. The Morgan fingerprint density at radius 3 is 1.03 bits per heavy atom. The van der Waals surface area contributed by atoms with Crippen molar-refractivity contribution in [2.75, 3.05) is 0 Å². The summed E-state index contributed by atoms with van der Waals surface area (Å²) in [5, 5.41) is 0. The topological polar surface area (TPSA) is 78.9 Å². The lowest BCUT2D eigenvalue weighted by molar-refractivity contribution is 0.0322. The van der Waals surface area contributed by atoms with Gasteiger partial charge in [0.05, 0.1) is 35.0 Å². The third-order valence-corrected chi connectivity index (χ3v) is 4.65. The van der Waals surface area contributed by atoms with Crippen LogP contribution in [0, 0.1) is 0 Å². The predicted molar refractivity (Wildman–Crippen MR) is 116 cm³/mol. The van der Waals surface area contributed by atoms with Crippen LogP contribution in [-0.4, -0.2) is 36.2 Å². The molecule has 1 aromatic carbocycles. The molecule has 0 saturated heterocycles. The fourth-order valence-corrected chi connectivity index (χ4v) is 3.13. The Morgan fingerprint density at radius 2 is 0.833 bits per heavy atom. The maximum atomic E-state index is 12.6. The summed E-state index contributed by atoms with van der Waals surface area (Å²) in [6.07, 6.45) is 4.03. The van der Waals surface area contributed by atoms with E-state index in [0.717, 1.165) is 38.5 Å². The fraction of sp³-hybridized carbons (Fsp3) is 0.625. The van der Waals surface area contributed by atoms with Crippen molar-refractivity contribution in [3.63, 3.8) is 0 Å². The summed E-state index contributed by atoms with van der Waals surface area (Å²) in [7, 11) is 0. The van der Waals surface area contributed by atoms with E-state index in [0.29, 0.717) is 0 Å². The van der Waals surface area contributed by atoms with E-state index >= 15 is 0 Å². The van der Waals surface area contributed by atoms with E-state index in [1.165, 1.54) is 18.2 Å². The van der Waals surface area contributed by atoms with Crippen molar-refractivity contribution in [1.82, 2.24) is 0 Å². The van der Waals surface area contributed by atoms with Crippen LogP contribution in [0.15, 0.2) is 18.2 Å². The fourth-order valence-electron chi connectivity index (χ4n) is 3.13. The van der Waals surface area contributed by atoms with Crippen LogP contribution in [0.4, 0.5) is 0 Å². The van der Waals surface area contributed by atoms with Crippen LogP contribution in [0.1, 0.15) is 111 Å². The van der Waals surface area contributed by atoms with Gasteiger partial charge in [0.1, 0.15) is 0 Å². The van der Waals surface area contributed by atoms with Gasteiger partial charge in [0.25, 0.3) is 0 Å². The zero-order valence-corrected chi connectivity index (χ0v) is 19.2. The molecule has 0 aliphatic heterocycles. The molecule has 30 heavy (non-hydrogen) atoms. The summed E-state index contributed by atoms with van der Waals surface area (Å²) >= 11 is 0.